The summed E-state index contributed by atoms with van der Waals surface area (Å²) >= 11 is 0. The predicted molar refractivity (Wildman–Crippen MR) is 101 cm³/mol. The fourth-order valence-corrected chi connectivity index (χ4v) is 3.09. The van der Waals surface area contributed by atoms with Crippen molar-refractivity contribution in [3.63, 3.8) is 0 Å². The van der Waals surface area contributed by atoms with Gasteiger partial charge in [-0.25, -0.2) is 9.67 Å². The summed E-state index contributed by atoms with van der Waals surface area (Å²) < 4.78 is 3.96. The average Bonchev–Trinajstić information content (AvgIpc) is 3.26. The van der Waals surface area contributed by atoms with Crippen molar-refractivity contribution in [1.29, 1.82) is 0 Å². The van der Waals surface area contributed by atoms with Gasteiger partial charge in [0.2, 0.25) is 5.91 Å². The van der Waals surface area contributed by atoms with Crippen LogP contribution in [0.5, 0.6) is 0 Å². The molecule has 0 aliphatic heterocycles. The second-order valence-corrected chi connectivity index (χ2v) is 6.40. The molecule has 3 aromatic rings. The number of aromatic nitrogens is 4. The van der Waals surface area contributed by atoms with Gasteiger partial charge in [-0.2, -0.15) is 5.10 Å². The summed E-state index contributed by atoms with van der Waals surface area (Å²) in [7, 11) is 0. The summed E-state index contributed by atoms with van der Waals surface area (Å²) in [5, 5.41) is 7.63. The minimum atomic E-state index is 0.0851. The Balaban J connectivity index is 1.50. The first-order chi connectivity index (χ1) is 12.6. The number of aryl methyl sites for hydroxylation is 2. The molecule has 0 spiro atoms. The molecule has 1 amide bonds. The number of para-hydroxylation sites is 1. The number of nitrogens with zero attached hydrogens (tertiary/aromatic N) is 4. The summed E-state index contributed by atoms with van der Waals surface area (Å²) in [6.07, 6.45) is 7.56. The zero-order valence-corrected chi connectivity index (χ0v) is 15.4. The highest BCUT2D eigenvalue weighted by molar-refractivity contribution is 5.76. The number of hydrogen-bond acceptors (Lipinski definition) is 3. The molecule has 26 heavy (non-hydrogen) atoms. The fraction of sp³-hybridized carbons (Fsp3) is 0.350. The molecule has 0 saturated heterocycles. The Morgan fingerprint density at radius 3 is 2.73 bits per heavy atom. The molecule has 2 heterocycles. The summed E-state index contributed by atoms with van der Waals surface area (Å²) in [5.74, 6) is 0.0851. The Hall–Kier alpha value is -2.89. The van der Waals surface area contributed by atoms with Crippen LogP contribution in [0.15, 0.2) is 49.1 Å². The van der Waals surface area contributed by atoms with E-state index in [-0.39, 0.29) is 5.91 Å². The molecule has 0 unspecified atom stereocenters. The van der Waals surface area contributed by atoms with E-state index in [0.717, 1.165) is 35.6 Å². The molecule has 2 aromatic heterocycles. The Labute approximate surface area is 153 Å². The monoisotopic (exact) mass is 351 g/mol. The van der Waals surface area contributed by atoms with Crippen LogP contribution in [-0.4, -0.2) is 31.8 Å². The van der Waals surface area contributed by atoms with E-state index in [1.807, 2.05) is 52.7 Å². The first-order valence-corrected chi connectivity index (χ1v) is 8.98. The number of imidazole rings is 1. The molecule has 6 nitrogen and oxygen atoms in total. The van der Waals surface area contributed by atoms with Crippen LogP contribution in [0.25, 0.3) is 5.69 Å². The van der Waals surface area contributed by atoms with Crippen molar-refractivity contribution < 1.29 is 4.79 Å². The lowest BCUT2D eigenvalue weighted by Crippen LogP contribution is -2.25. The van der Waals surface area contributed by atoms with Gasteiger partial charge in [0.1, 0.15) is 0 Å². The van der Waals surface area contributed by atoms with E-state index in [4.69, 9.17) is 0 Å². The first kappa shape index (κ1) is 17.9. The van der Waals surface area contributed by atoms with E-state index in [9.17, 15) is 4.79 Å². The van der Waals surface area contributed by atoms with Crippen LogP contribution in [0.2, 0.25) is 0 Å². The maximum Gasteiger partial charge on any atom is 0.220 e. The van der Waals surface area contributed by atoms with Crippen molar-refractivity contribution in [2.24, 2.45) is 0 Å². The molecule has 3 rings (SSSR count). The van der Waals surface area contributed by atoms with E-state index >= 15 is 0 Å². The largest absolute Gasteiger partial charge is 0.356 e. The topological polar surface area (TPSA) is 64.7 Å². The first-order valence-electron chi connectivity index (χ1n) is 8.98. The van der Waals surface area contributed by atoms with Crippen molar-refractivity contribution in [2.45, 2.75) is 39.7 Å². The summed E-state index contributed by atoms with van der Waals surface area (Å²) in [5.41, 5.74) is 4.28. The zero-order valence-electron chi connectivity index (χ0n) is 15.4. The molecule has 6 heteroatoms. The van der Waals surface area contributed by atoms with Crippen molar-refractivity contribution in [3.8, 4) is 5.69 Å². The standard InChI is InChI=1S/C20H25N5O/c1-16-19(17(2)25(23-16)18-7-4-3-5-8-18)9-10-20(26)22-11-6-13-24-14-12-21-15-24/h3-5,7-8,12,14-15H,6,9-11,13H2,1-2H3,(H,22,26). The van der Waals surface area contributed by atoms with Gasteiger partial charge >= 0.3 is 0 Å². The molecule has 136 valence electrons. The summed E-state index contributed by atoms with van der Waals surface area (Å²) in [4.78, 5) is 16.1. The van der Waals surface area contributed by atoms with Gasteiger partial charge in [0.05, 0.1) is 17.7 Å². The lowest BCUT2D eigenvalue weighted by molar-refractivity contribution is -0.121. The van der Waals surface area contributed by atoms with Crippen LogP contribution < -0.4 is 5.32 Å². The SMILES string of the molecule is Cc1nn(-c2ccccc2)c(C)c1CCC(=O)NCCCn1ccnc1. The van der Waals surface area contributed by atoms with E-state index in [1.165, 1.54) is 0 Å². The second-order valence-electron chi connectivity index (χ2n) is 6.40. The van der Waals surface area contributed by atoms with Gasteiger partial charge in [-0.1, -0.05) is 18.2 Å². The highest BCUT2D eigenvalue weighted by Crippen LogP contribution is 2.19. The lowest BCUT2D eigenvalue weighted by atomic mass is 10.1. The zero-order chi connectivity index (χ0) is 18.4. The van der Waals surface area contributed by atoms with Gasteiger partial charge in [-0.05, 0) is 44.4 Å². The summed E-state index contributed by atoms with van der Waals surface area (Å²) in [6.45, 7) is 5.61. The Kier molecular flexibility index (Phi) is 5.84. The van der Waals surface area contributed by atoms with Gasteiger partial charge in [-0.15, -0.1) is 0 Å². The molecular formula is C20H25N5O. The minimum absolute atomic E-state index is 0.0851. The molecule has 1 N–H and O–H groups in total. The van der Waals surface area contributed by atoms with Gasteiger partial charge in [0.25, 0.3) is 0 Å². The number of amides is 1. The minimum Gasteiger partial charge on any atom is -0.356 e. The molecule has 0 saturated carbocycles. The number of nitrogens with one attached hydrogen (secondary N) is 1. The highest BCUT2D eigenvalue weighted by atomic mass is 16.1. The predicted octanol–water partition coefficient (Wildman–Crippen LogP) is 2.82. The molecular weight excluding hydrogens is 326 g/mol. The number of hydrogen-bond donors (Lipinski definition) is 1. The van der Waals surface area contributed by atoms with Crippen molar-refractivity contribution >= 4 is 5.91 Å². The maximum absolute atomic E-state index is 12.1. The van der Waals surface area contributed by atoms with Crippen LogP contribution in [0.1, 0.15) is 29.8 Å². The molecule has 0 aliphatic carbocycles. The third-order valence-corrected chi connectivity index (χ3v) is 4.52. The Morgan fingerprint density at radius 2 is 2.00 bits per heavy atom. The maximum atomic E-state index is 12.1. The number of rotatable bonds is 8. The van der Waals surface area contributed by atoms with Crippen LogP contribution in [0.3, 0.4) is 0 Å². The van der Waals surface area contributed by atoms with Crippen molar-refractivity contribution in [3.05, 3.63) is 66.0 Å². The molecule has 0 fully saturated rings. The normalized spacial score (nSPS) is 10.8. The van der Waals surface area contributed by atoms with Crippen molar-refractivity contribution in [1.82, 2.24) is 24.6 Å². The molecule has 1 aromatic carbocycles. The highest BCUT2D eigenvalue weighted by Gasteiger charge is 2.13. The number of benzene rings is 1. The van der Waals surface area contributed by atoms with Gasteiger partial charge in [0.15, 0.2) is 0 Å². The van der Waals surface area contributed by atoms with Gasteiger partial charge < -0.3 is 9.88 Å². The fourth-order valence-electron chi connectivity index (χ4n) is 3.09. The number of carbonyl (C=O) groups excluding carboxylic acids is 1. The summed E-state index contributed by atoms with van der Waals surface area (Å²) in [6, 6.07) is 10.1. The van der Waals surface area contributed by atoms with Crippen molar-refractivity contribution in [2.75, 3.05) is 6.54 Å². The molecule has 0 atom stereocenters. The van der Waals surface area contributed by atoms with Crippen LogP contribution in [0, 0.1) is 13.8 Å². The smallest absolute Gasteiger partial charge is 0.220 e. The van der Waals surface area contributed by atoms with Crippen LogP contribution >= 0.6 is 0 Å². The molecule has 0 aliphatic rings. The van der Waals surface area contributed by atoms with E-state index in [1.54, 1.807) is 12.5 Å². The van der Waals surface area contributed by atoms with Gasteiger partial charge in [0, 0.05) is 37.6 Å². The molecule has 0 radical (unpaired) electrons. The Morgan fingerprint density at radius 1 is 1.19 bits per heavy atom. The van der Waals surface area contributed by atoms with E-state index in [0.29, 0.717) is 19.4 Å². The van der Waals surface area contributed by atoms with E-state index in [2.05, 4.69) is 22.3 Å². The lowest BCUT2D eigenvalue weighted by Gasteiger charge is -2.07. The second kappa shape index (κ2) is 8.47. The average molecular weight is 351 g/mol. The van der Waals surface area contributed by atoms with E-state index < -0.39 is 0 Å². The van der Waals surface area contributed by atoms with Crippen LogP contribution in [0.4, 0.5) is 0 Å². The third kappa shape index (κ3) is 4.39. The van der Waals surface area contributed by atoms with Crippen LogP contribution in [-0.2, 0) is 17.8 Å². The molecule has 0 bridgehead atoms. The Bertz CT molecular complexity index is 837. The quantitative estimate of drug-likeness (QED) is 0.635. The van der Waals surface area contributed by atoms with Gasteiger partial charge in [-0.3, -0.25) is 4.79 Å². The number of carbonyl (C=O) groups is 1. The third-order valence-electron chi connectivity index (χ3n) is 4.52.